The van der Waals surface area contributed by atoms with Crippen molar-refractivity contribution >= 4 is 29.1 Å². The molecule has 0 aromatic carbocycles. The molecule has 0 saturated carbocycles. The van der Waals surface area contributed by atoms with Crippen molar-refractivity contribution in [3.8, 4) is 5.88 Å². The predicted octanol–water partition coefficient (Wildman–Crippen LogP) is 2.82. The summed E-state index contributed by atoms with van der Waals surface area (Å²) in [5.74, 6) is 1.15. The minimum absolute atomic E-state index is 0.133. The van der Waals surface area contributed by atoms with E-state index in [-0.39, 0.29) is 17.5 Å². The Morgan fingerprint density at radius 1 is 1.26 bits per heavy atom. The number of pyridine rings is 1. The number of carbonyl (C=O) groups excluding carboxylic acids is 1. The molecule has 10 heteroatoms. The van der Waals surface area contributed by atoms with Gasteiger partial charge in [0, 0.05) is 56.8 Å². The molecule has 1 amide bonds. The number of nitrogens with zero attached hydrogens (tertiary/aromatic N) is 4. The lowest BCUT2D eigenvalue weighted by atomic mass is 10.1. The summed E-state index contributed by atoms with van der Waals surface area (Å²) in [6, 6.07) is 5.38. The Labute approximate surface area is 188 Å². The van der Waals surface area contributed by atoms with E-state index in [1.165, 1.54) is 0 Å². The lowest BCUT2D eigenvalue weighted by Gasteiger charge is -2.33. The summed E-state index contributed by atoms with van der Waals surface area (Å²) in [6.45, 7) is 11.7. The monoisotopic (exact) mass is 446 g/mol. The Morgan fingerprint density at radius 3 is 2.58 bits per heavy atom. The maximum Gasteiger partial charge on any atom is 0.416 e. The van der Waals surface area contributed by atoms with Crippen molar-refractivity contribution in [2.75, 3.05) is 38.0 Å². The van der Waals surface area contributed by atoms with Gasteiger partial charge in [0.1, 0.15) is 5.76 Å². The highest BCUT2D eigenvalue weighted by Gasteiger charge is 2.23. The number of anilines is 1. The number of thiocarbonyl (C=S) groups is 1. The van der Waals surface area contributed by atoms with Crippen molar-refractivity contribution < 1.29 is 14.1 Å². The van der Waals surface area contributed by atoms with Gasteiger partial charge in [-0.25, -0.2) is 9.78 Å². The second-order valence-corrected chi connectivity index (χ2v) is 9.00. The van der Waals surface area contributed by atoms with E-state index in [2.05, 4.69) is 25.7 Å². The first-order chi connectivity index (χ1) is 14.7. The summed E-state index contributed by atoms with van der Waals surface area (Å²) >= 11 is 5.28. The first-order valence-electron chi connectivity index (χ1n) is 10.3. The van der Waals surface area contributed by atoms with Crippen LogP contribution in [0, 0.1) is 6.92 Å². The molecule has 0 unspecified atom stereocenters. The van der Waals surface area contributed by atoms with Crippen LogP contribution in [0.5, 0.6) is 5.88 Å². The van der Waals surface area contributed by atoms with Crippen molar-refractivity contribution in [1.29, 1.82) is 0 Å². The fourth-order valence-electron chi connectivity index (χ4n) is 3.13. The van der Waals surface area contributed by atoms with Crippen LogP contribution in [0.4, 0.5) is 10.5 Å². The number of aromatic nitrogens is 2. The number of rotatable bonds is 5. The number of carbonyl (C=O) groups is 1. The molecular formula is C21H30N6O3S. The third-order valence-corrected chi connectivity index (χ3v) is 4.86. The SMILES string of the molecule is Cc1cc(CCN2CCN(C(=O)Oc3ccc(NC(=S)NC(C)(C)C)cn3)CC2)on1. The second kappa shape index (κ2) is 10.1. The molecule has 0 atom stereocenters. The Morgan fingerprint density at radius 2 is 2.00 bits per heavy atom. The summed E-state index contributed by atoms with van der Waals surface area (Å²) in [6.07, 6.45) is 2.01. The number of ether oxygens (including phenoxy) is 1. The van der Waals surface area contributed by atoms with Gasteiger partial charge in [-0.1, -0.05) is 5.16 Å². The van der Waals surface area contributed by atoms with Crippen molar-refractivity contribution in [1.82, 2.24) is 25.3 Å². The zero-order valence-corrected chi connectivity index (χ0v) is 19.3. The molecule has 0 bridgehead atoms. The van der Waals surface area contributed by atoms with E-state index < -0.39 is 0 Å². The molecular weight excluding hydrogens is 416 g/mol. The summed E-state index contributed by atoms with van der Waals surface area (Å²) in [5, 5.41) is 10.6. The normalized spacial score (nSPS) is 14.9. The fourth-order valence-corrected chi connectivity index (χ4v) is 3.55. The molecule has 2 aromatic rings. The average molecular weight is 447 g/mol. The topological polar surface area (TPSA) is 95.8 Å². The van der Waals surface area contributed by atoms with Gasteiger partial charge in [-0.3, -0.25) is 4.90 Å². The van der Waals surface area contributed by atoms with Crippen LogP contribution in [0.3, 0.4) is 0 Å². The van der Waals surface area contributed by atoms with Crippen LogP contribution in [-0.2, 0) is 6.42 Å². The van der Waals surface area contributed by atoms with Crippen molar-refractivity contribution in [3.63, 3.8) is 0 Å². The second-order valence-electron chi connectivity index (χ2n) is 8.60. The number of hydrogen-bond acceptors (Lipinski definition) is 7. The van der Waals surface area contributed by atoms with Crippen LogP contribution in [0.25, 0.3) is 0 Å². The molecule has 1 fully saturated rings. The molecule has 1 aliphatic heterocycles. The molecule has 1 saturated heterocycles. The van der Waals surface area contributed by atoms with Crippen LogP contribution >= 0.6 is 12.2 Å². The summed E-state index contributed by atoms with van der Waals surface area (Å²) in [5.41, 5.74) is 1.48. The summed E-state index contributed by atoms with van der Waals surface area (Å²) in [7, 11) is 0. The number of amides is 1. The molecule has 168 valence electrons. The number of aryl methyl sites for hydroxylation is 1. The third-order valence-electron chi connectivity index (χ3n) is 4.66. The van der Waals surface area contributed by atoms with Crippen molar-refractivity contribution in [3.05, 3.63) is 35.9 Å². The van der Waals surface area contributed by atoms with E-state index >= 15 is 0 Å². The van der Waals surface area contributed by atoms with Crippen LogP contribution in [0.2, 0.25) is 0 Å². The number of nitrogens with one attached hydrogen (secondary N) is 2. The van der Waals surface area contributed by atoms with Gasteiger partial charge in [0.05, 0.1) is 17.6 Å². The Kier molecular flexibility index (Phi) is 7.45. The Balaban J connectivity index is 1.40. The quantitative estimate of drug-likeness (QED) is 0.672. The predicted molar refractivity (Wildman–Crippen MR) is 122 cm³/mol. The standard InChI is InChI=1S/C21H30N6O3S/c1-15-13-17(30-25-15)7-8-26-9-11-27(12-10-26)20(28)29-18-6-5-16(14-22-18)23-19(31)24-21(2,3)4/h5-6,13-14H,7-12H2,1-4H3,(H2,23,24,31). The van der Waals surface area contributed by atoms with Gasteiger partial charge >= 0.3 is 6.09 Å². The highest BCUT2D eigenvalue weighted by atomic mass is 32.1. The average Bonchev–Trinajstić information content (AvgIpc) is 3.12. The van der Waals surface area contributed by atoms with E-state index in [1.807, 2.05) is 33.8 Å². The highest BCUT2D eigenvalue weighted by Crippen LogP contribution is 2.14. The molecule has 3 rings (SSSR count). The minimum Gasteiger partial charge on any atom is -0.391 e. The van der Waals surface area contributed by atoms with E-state index in [4.69, 9.17) is 21.5 Å². The molecule has 0 radical (unpaired) electrons. The zero-order chi connectivity index (χ0) is 22.4. The molecule has 0 aliphatic carbocycles. The maximum atomic E-state index is 12.5. The van der Waals surface area contributed by atoms with Crippen molar-refractivity contribution in [2.24, 2.45) is 0 Å². The van der Waals surface area contributed by atoms with E-state index in [1.54, 1.807) is 23.2 Å². The van der Waals surface area contributed by atoms with Gasteiger partial charge in [0.15, 0.2) is 5.11 Å². The lowest BCUT2D eigenvalue weighted by Crippen LogP contribution is -2.49. The zero-order valence-electron chi connectivity index (χ0n) is 18.5. The first-order valence-corrected chi connectivity index (χ1v) is 10.8. The molecule has 2 N–H and O–H groups in total. The van der Waals surface area contributed by atoms with Crippen molar-refractivity contribution in [2.45, 2.75) is 39.7 Å². The molecule has 2 aromatic heterocycles. The van der Waals surface area contributed by atoms with E-state index in [0.717, 1.165) is 43.2 Å². The van der Waals surface area contributed by atoms with Crippen LogP contribution in [0.1, 0.15) is 32.2 Å². The Hall–Kier alpha value is -2.72. The first kappa shape index (κ1) is 23.0. The summed E-state index contributed by atoms with van der Waals surface area (Å²) < 4.78 is 10.7. The van der Waals surface area contributed by atoms with E-state index in [0.29, 0.717) is 18.2 Å². The fraction of sp³-hybridized carbons (Fsp3) is 0.524. The van der Waals surface area contributed by atoms with Gasteiger partial charge in [0.25, 0.3) is 0 Å². The largest absolute Gasteiger partial charge is 0.416 e. The molecule has 0 spiro atoms. The minimum atomic E-state index is -0.386. The maximum absolute atomic E-state index is 12.5. The summed E-state index contributed by atoms with van der Waals surface area (Å²) in [4.78, 5) is 20.6. The Bertz CT molecular complexity index is 885. The van der Waals surface area contributed by atoms with Gasteiger partial charge < -0.3 is 24.8 Å². The van der Waals surface area contributed by atoms with Gasteiger partial charge in [-0.15, -0.1) is 0 Å². The van der Waals surface area contributed by atoms with Gasteiger partial charge in [-0.2, -0.15) is 0 Å². The molecule has 3 heterocycles. The highest BCUT2D eigenvalue weighted by molar-refractivity contribution is 7.80. The number of piperazine rings is 1. The van der Waals surface area contributed by atoms with Crippen LogP contribution < -0.4 is 15.4 Å². The van der Waals surface area contributed by atoms with Crippen LogP contribution in [-0.4, -0.2) is 69.4 Å². The van der Waals surface area contributed by atoms with Gasteiger partial charge in [-0.05, 0) is 46.0 Å². The van der Waals surface area contributed by atoms with E-state index in [9.17, 15) is 4.79 Å². The van der Waals surface area contributed by atoms with Gasteiger partial charge in [0.2, 0.25) is 5.88 Å². The molecule has 9 nitrogen and oxygen atoms in total. The molecule has 1 aliphatic rings. The third kappa shape index (κ3) is 7.48. The van der Waals surface area contributed by atoms with Crippen LogP contribution in [0.15, 0.2) is 28.9 Å². The lowest BCUT2D eigenvalue weighted by molar-refractivity contribution is 0.109. The molecule has 31 heavy (non-hydrogen) atoms. The number of hydrogen-bond donors (Lipinski definition) is 2. The smallest absolute Gasteiger partial charge is 0.391 e.